The zero-order valence-corrected chi connectivity index (χ0v) is 11.9. The van der Waals surface area contributed by atoms with Gasteiger partial charge in [0.1, 0.15) is 0 Å². The van der Waals surface area contributed by atoms with E-state index in [0.29, 0.717) is 6.04 Å². The molecule has 0 saturated carbocycles. The van der Waals surface area contributed by atoms with Crippen LogP contribution < -0.4 is 5.73 Å². The summed E-state index contributed by atoms with van der Waals surface area (Å²) < 4.78 is 0. The average molecular weight is 252 g/mol. The molecule has 0 atom stereocenters. The van der Waals surface area contributed by atoms with E-state index in [0.717, 1.165) is 25.1 Å². The lowest BCUT2D eigenvalue weighted by Gasteiger charge is -2.40. The van der Waals surface area contributed by atoms with Gasteiger partial charge in [0.15, 0.2) is 5.96 Å². The van der Waals surface area contributed by atoms with Crippen molar-refractivity contribution in [2.75, 3.05) is 26.2 Å². The average Bonchev–Trinajstić information content (AvgIpc) is 2.39. The SMILES string of the molecule is CC(C)N=C(N)N1CCC(N2CCCCC2)CC1. The second-order valence-electron chi connectivity index (χ2n) is 5.90. The van der Waals surface area contributed by atoms with E-state index < -0.39 is 0 Å². The Kier molecular flexibility index (Phi) is 4.87. The molecule has 0 spiro atoms. The zero-order chi connectivity index (χ0) is 13.0. The van der Waals surface area contributed by atoms with Crippen molar-refractivity contribution in [3.63, 3.8) is 0 Å². The monoisotopic (exact) mass is 252 g/mol. The topological polar surface area (TPSA) is 44.9 Å². The molecule has 0 aromatic rings. The van der Waals surface area contributed by atoms with E-state index >= 15 is 0 Å². The minimum Gasteiger partial charge on any atom is -0.370 e. The van der Waals surface area contributed by atoms with Crippen molar-refractivity contribution in [3.8, 4) is 0 Å². The lowest BCUT2D eigenvalue weighted by atomic mass is 10.00. The molecule has 0 aliphatic carbocycles. The summed E-state index contributed by atoms with van der Waals surface area (Å²) in [5, 5.41) is 0. The van der Waals surface area contributed by atoms with E-state index in [2.05, 4.69) is 28.6 Å². The fraction of sp³-hybridized carbons (Fsp3) is 0.929. The summed E-state index contributed by atoms with van der Waals surface area (Å²) in [7, 11) is 0. The first kappa shape index (κ1) is 13.7. The number of nitrogens with two attached hydrogens (primary N) is 1. The van der Waals surface area contributed by atoms with Crippen molar-refractivity contribution >= 4 is 5.96 Å². The number of likely N-dealkylation sites (tertiary alicyclic amines) is 2. The number of nitrogens with zero attached hydrogens (tertiary/aromatic N) is 3. The number of hydrogen-bond donors (Lipinski definition) is 1. The largest absolute Gasteiger partial charge is 0.370 e. The third-order valence-corrected chi connectivity index (χ3v) is 4.09. The smallest absolute Gasteiger partial charge is 0.191 e. The lowest BCUT2D eigenvalue weighted by molar-refractivity contribution is 0.114. The van der Waals surface area contributed by atoms with Gasteiger partial charge in [0.2, 0.25) is 0 Å². The maximum Gasteiger partial charge on any atom is 0.191 e. The molecular formula is C14H28N4. The molecule has 0 amide bonds. The van der Waals surface area contributed by atoms with Crippen LogP contribution in [-0.2, 0) is 0 Å². The molecule has 4 nitrogen and oxygen atoms in total. The summed E-state index contributed by atoms with van der Waals surface area (Å²) in [4.78, 5) is 9.39. The van der Waals surface area contributed by atoms with Gasteiger partial charge < -0.3 is 15.5 Å². The number of guanidine groups is 1. The highest BCUT2D eigenvalue weighted by molar-refractivity contribution is 5.78. The number of rotatable bonds is 2. The van der Waals surface area contributed by atoms with Gasteiger partial charge >= 0.3 is 0 Å². The Morgan fingerprint density at radius 3 is 2.22 bits per heavy atom. The summed E-state index contributed by atoms with van der Waals surface area (Å²) >= 11 is 0. The Morgan fingerprint density at radius 1 is 1.06 bits per heavy atom. The Labute approximate surface area is 111 Å². The molecule has 2 rings (SSSR count). The van der Waals surface area contributed by atoms with E-state index in [9.17, 15) is 0 Å². The van der Waals surface area contributed by atoms with Crippen molar-refractivity contribution in [3.05, 3.63) is 0 Å². The van der Waals surface area contributed by atoms with Crippen molar-refractivity contribution in [2.24, 2.45) is 10.7 Å². The fourth-order valence-corrected chi connectivity index (χ4v) is 3.09. The van der Waals surface area contributed by atoms with E-state index in [1.54, 1.807) is 0 Å². The summed E-state index contributed by atoms with van der Waals surface area (Å²) in [5.74, 6) is 0.738. The molecule has 2 aliphatic rings. The number of hydrogen-bond acceptors (Lipinski definition) is 2. The van der Waals surface area contributed by atoms with Crippen molar-refractivity contribution in [1.29, 1.82) is 0 Å². The standard InChI is InChI=1S/C14H28N4/c1-12(2)16-14(15)18-10-6-13(7-11-18)17-8-4-3-5-9-17/h12-13H,3-11H2,1-2H3,(H2,15,16). The van der Waals surface area contributed by atoms with Gasteiger partial charge in [-0.25, -0.2) is 0 Å². The molecule has 104 valence electrons. The Hall–Kier alpha value is -0.770. The van der Waals surface area contributed by atoms with Crippen molar-refractivity contribution in [1.82, 2.24) is 9.80 Å². The molecule has 2 heterocycles. The summed E-state index contributed by atoms with van der Waals surface area (Å²) in [6, 6.07) is 1.08. The molecule has 18 heavy (non-hydrogen) atoms. The minimum absolute atomic E-state index is 0.296. The predicted molar refractivity (Wildman–Crippen MR) is 76.8 cm³/mol. The molecule has 2 saturated heterocycles. The van der Waals surface area contributed by atoms with E-state index in [1.165, 1.54) is 45.2 Å². The van der Waals surface area contributed by atoms with Gasteiger partial charge in [0.05, 0.1) is 0 Å². The second kappa shape index (κ2) is 6.41. The van der Waals surface area contributed by atoms with Crippen LogP contribution in [0.4, 0.5) is 0 Å². The highest BCUT2D eigenvalue weighted by Gasteiger charge is 2.26. The molecule has 2 aliphatic heterocycles. The van der Waals surface area contributed by atoms with Crippen molar-refractivity contribution in [2.45, 2.75) is 58.0 Å². The summed E-state index contributed by atoms with van der Waals surface area (Å²) in [5.41, 5.74) is 6.04. The van der Waals surface area contributed by atoms with E-state index in [-0.39, 0.29) is 0 Å². The number of aliphatic imine (C=N–C) groups is 1. The molecule has 2 N–H and O–H groups in total. The van der Waals surface area contributed by atoms with Gasteiger partial charge in [0.25, 0.3) is 0 Å². The van der Waals surface area contributed by atoms with Crippen LogP contribution in [0, 0.1) is 0 Å². The molecule has 0 radical (unpaired) electrons. The van der Waals surface area contributed by atoms with Crippen LogP contribution in [0.15, 0.2) is 4.99 Å². The molecule has 0 aromatic carbocycles. The first-order valence-corrected chi connectivity index (χ1v) is 7.49. The minimum atomic E-state index is 0.296. The third kappa shape index (κ3) is 3.61. The molecular weight excluding hydrogens is 224 g/mol. The van der Waals surface area contributed by atoms with Gasteiger partial charge in [-0.2, -0.15) is 0 Å². The first-order valence-electron chi connectivity index (χ1n) is 7.49. The second-order valence-corrected chi connectivity index (χ2v) is 5.90. The van der Waals surface area contributed by atoms with Crippen LogP contribution in [0.5, 0.6) is 0 Å². The Morgan fingerprint density at radius 2 is 1.67 bits per heavy atom. The molecule has 0 aromatic heterocycles. The number of piperidine rings is 2. The van der Waals surface area contributed by atoms with Gasteiger partial charge in [-0.05, 0) is 52.6 Å². The van der Waals surface area contributed by atoms with Crippen LogP contribution >= 0.6 is 0 Å². The van der Waals surface area contributed by atoms with Crippen LogP contribution in [-0.4, -0.2) is 54.0 Å². The first-order chi connectivity index (χ1) is 8.66. The lowest BCUT2D eigenvalue weighted by Crippen LogP contribution is -2.50. The normalized spacial score (nSPS) is 24.8. The van der Waals surface area contributed by atoms with Crippen molar-refractivity contribution < 1.29 is 0 Å². The Bertz CT molecular complexity index is 274. The molecule has 2 fully saturated rings. The van der Waals surface area contributed by atoms with Crippen LogP contribution in [0.1, 0.15) is 46.0 Å². The highest BCUT2D eigenvalue weighted by Crippen LogP contribution is 2.20. The summed E-state index contributed by atoms with van der Waals surface area (Å²) in [6.45, 7) is 8.91. The molecule has 0 bridgehead atoms. The molecule has 0 unspecified atom stereocenters. The summed E-state index contributed by atoms with van der Waals surface area (Å²) in [6.07, 6.45) is 6.68. The van der Waals surface area contributed by atoms with E-state index in [4.69, 9.17) is 5.73 Å². The highest BCUT2D eigenvalue weighted by atomic mass is 15.3. The van der Waals surface area contributed by atoms with Gasteiger partial charge in [-0.15, -0.1) is 0 Å². The quantitative estimate of drug-likeness (QED) is 0.600. The van der Waals surface area contributed by atoms with Crippen LogP contribution in [0.2, 0.25) is 0 Å². The predicted octanol–water partition coefficient (Wildman–Crippen LogP) is 1.66. The van der Waals surface area contributed by atoms with Gasteiger partial charge in [-0.1, -0.05) is 6.42 Å². The van der Waals surface area contributed by atoms with Gasteiger partial charge in [0, 0.05) is 25.2 Å². The fourth-order valence-electron chi connectivity index (χ4n) is 3.09. The zero-order valence-electron chi connectivity index (χ0n) is 11.9. The third-order valence-electron chi connectivity index (χ3n) is 4.09. The Balaban J connectivity index is 1.80. The maximum absolute atomic E-state index is 6.04. The van der Waals surface area contributed by atoms with E-state index in [1.807, 2.05) is 0 Å². The molecule has 4 heteroatoms. The van der Waals surface area contributed by atoms with Crippen LogP contribution in [0.25, 0.3) is 0 Å². The van der Waals surface area contributed by atoms with Gasteiger partial charge in [-0.3, -0.25) is 4.99 Å². The maximum atomic E-state index is 6.04. The van der Waals surface area contributed by atoms with Crippen LogP contribution in [0.3, 0.4) is 0 Å².